The Balaban J connectivity index is 1.59. The first kappa shape index (κ1) is 22.9. The number of hydrogen-bond donors (Lipinski definition) is 1. The second kappa shape index (κ2) is 9.67. The summed E-state index contributed by atoms with van der Waals surface area (Å²) >= 11 is 0. The monoisotopic (exact) mass is 449 g/mol. The van der Waals surface area contributed by atoms with E-state index in [9.17, 15) is 9.59 Å². The molecule has 4 rings (SSSR count). The Bertz CT molecular complexity index is 1200. The Morgan fingerprint density at radius 2 is 1.97 bits per heavy atom. The van der Waals surface area contributed by atoms with Crippen LogP contribution in [0.25, 0.3) is 0 Å². The molecule has 174 valence electrons. The molecular weight excluding hydrogens is 418 g/mol. The third kappa shape index (κ3) is 4.88. The molecule has 1 aromatic carbocycles. The molecule has 1 aliphatic rings. The van der Waals surface area contributed by atoms with Crippen molar-refractivity contribution in [2.45, 2.75) is 46.3 Å². The lowest BCUT2D eigenvalue weighted by Crippen LogP contribution is -2.32. The van der Waals surface area contributed by atoms with Gasteiger partial charge in [-0.1, -0.05) is 18.2 Å². The fourth-order valence-corrected chi connectivity index (χ4v) is 4.39. The number of rotatable bonds is 6. The van der Waals surface area contributed by atoms with E-state index in [2.05, 4.69) is 42.3 Å². The summed E-state index contributed by atoms with van der Waals surface area (Å²) in [5.41, 5.74) is 4.79. The van der Waals surface area contributed by atoms with E-state index in [0.29, 0.717) is 35.7 Å². The average Bonchev–Trinajstić information content (AvgIpc) is 3.25. The highest BCUT2D eigenvalue weighted by Crippen LogP contribution is 2.25. The highest BCUT2D eigenvalue weighted by molar-refractivity contribution is 5.98. The number of pyridine rings is 1. The number of ether oxygens (including phenoxy) is 1. The van der Waals surface area contributed by atoms with Gasteiger partial charge in [0.2, 0.25) is 0 Å². The molecule has 3 heterocycles. The lowest BCUT2D eigenvalue weighted by Gasteiger charge is -2.20. The summed E-state index contributed by atoms with van der Waals surface area (Å²) in [5, 5.41) is 2.98. The number of nitrogens with zero attached hydrogens (tertiary/aromatic N) is 2. The molecule has 0 radical (unpaired) electrons. The van der Waals surface area contributed by atoms with Gasteiger partial charge in [0.25, 0.3) is 11.5 Å². The first-order valence-electron chi connectivity index (χ1n) is 11.3. The van der Waals surface area contributed by atoms with Gasteiger partial charge in [-0.25, -0.2) is 0 Å². The highest BCUT2D eigenvalue weighted by Gasteiger charge is 2.26. The van der Waals surface area contributed by atoms with Gasteiger partial charge in [0.1, 0.15) is 17.1 Å². The Kier molecular flexibility index (Phi) is 6.70. The van der Waals surface area contributed by atoms with Crippen molar-refractivity contribution in [3.05, 3.63) is 86.7 Å². The highest BCUT2D eigenvalue weighted by atomic mass is 16.5. The van der Waals surface area contributed by atoms with E-state index in [1.807, 2.05) is 13.0 Å². The third-order valence-electron chi connectivity index (χ3n) is 6.43. The Hall–Kier alpha value is -3.32. The van der Waals surface area contributed by atoms with Crippen LogP contribution in [-0.2, 0) is 19.5 Å². The molecule has 1 aliphatic heterocycles. The van der Waals surface area contributed by atoms with Crippen molar-refractivity contribution in [2.75, 3.05) is 20.2 Å². The number of nitrogens with one attached hydrogen (secondary N) is 1. The summed E-state index contributed by atoms with van der Waals surface area (Å²) in [6, 6.07) is 11.2. The molecule has 3 aromatic rings. The lowest BCUT2D eigenvalue weighted by molar-refractivity contribution is 0.0930. The fourth-order valence-electron chi connectivity index (χ4n) is 4.39. The van der Waals surface area contributed by atoms with E-state index >= 15 is 0 Å². The molecule has 1 amide bonds. The molecule has 0 spiro atoms. The van der Waals surface area contributed by atoms with Gasteiger partial charge in [-0.15, -0.1) is 0 Å². The number of benzene rings is 1. The maximum atomic E-state index is 13.3. The van der Waals surface area contributed by atoms with Crippen LogP contribution in [-0.4, -0.2) is 35.6 Å². The normalized spacial score (nSPS) is 14.9. The number of furan rings is 1. The van der Waals surface area contributed by atoms with Crippen LogP contribution in [0, 0.1) is 13.8 Å². The second-order valence-electron chi connectivity index (χ2n) is 8.68. The quantitative estimate of drug-likeness (QED) is 0.622. The van der Waals surface area contributed by atoms with Crippen molar-refractivity contribution < 1.29 is 13.9 Å². The van der Waals surface area contributed by atoms with E-state index in [-0.39, 0.29) is 17.5 Å². The number of hydrogen-bond acceptors (Lipinski definition) is 5. The predicted molar refractivity (Wildman–Crippen MR) is 127 cm³/mol. The molecule has 0 fully saturated rings. The smallest absolute Gasteiger partial charge is 0.257 e. The minimum atomic E-state index is -0.308. The number of carbonyl (C=O) groups excluding carboxylic acids is 1. The number of aromatic nitrogens is 1. The summed E-state index contributed by atoms with van der Waals surface area (Å²) < 4.78 is 12.6. The van der Waals surface area contributed by atoms with Gasteiger partial charge in [0, 0.05) is 44.4 Å². The van der Waals surface area contributed by atoms with Gasteiger partial charge in [-0.05, 0) is 49.6 Å². The predicted octanol–water partition coefficient (Wildman–Crippen LogP) is 3.62. The van der Waals surface area contributed by atoms with Crippen LogP contribution in [0.3, 0.4) is 0 Å². The molecule has 0 unspecified atom stereocenters. The van der Waals surface area contributed by atoms with Gasteiger partial charge < -0.3 is 19.0 Å². The Morgan fingerprint density at radius 1 is 1.15 bits per heavy atom. The summed E-state index contributed by atoms with van der Waals surface area (Å²) in [6.07, 6.45) is 2.16. The number of carbonyl (C=O) groups is 1. The standard InChI is InChI=1S/C26H31N3O4/c1-17-7-8-20(14-18(17)2)16-28-10-9-21-25(23(32-4)15-24(30)29(21)12-11-28)26(31)27-19(3)22-6-5-13-33-22/h5-8,13-15,19H,9-12,16H2,1-4H3,(H,27,31)/t19-/m0/s1. The van der Waals surface area contributed by atoms with Gasteiger partial charge in [0.05, 0.1) is 19.4 Å². The molecule has 0 bridgehead atoms. The molecule has 0 aliphatic carbocycles. The molecule has 7 heteroatoms. The number of aryl methyl sites for hydroxylation is 2. The second-order valence-corrected chi connectivity index (χ2v) is 8.68. The molecule has 1 N–H and O–H groups in total. The van der Waals surface area contributed by atoms with E-state index in [4.69, 9.17) is 9.15 Å². The molecule has 33 heavy (non-hydrogen) atoms. The first-order chi connectivity index (χ1) is 15.9. The summed E-state index contributed by atoms with van der Waals surface area (Å²) in [5.74, 6) is 0.696. The van der Waals surface area contributed by atoms with Crippen molar-refractivity contribution in [3.63, 3.8) is 0 Å². The summed E-state index contributed by atoms with van der Waals surface area (Å²) in [4.78, 5) is 28.5. The minimum absolute atomic E-state index is 0.148. The van der Waals surface area contributed by atoms with E-state index < -0.39 is 0 Å². The largest absolute Gasteiger partial charge is 0.496 e. The van der Waals surface area contributed by atoms with Gasteiger partial charge in [-0.2, -0.15) is 0 Å². The van der Waals surface area contributed by atoms with Crippen LogP contribution in [0.4, 0.5) is 0 Å². The van der Waals surface area contributed by atoms with Gasteiger partial charge >= 0.3 is 0 Å². The van der Waals surface area contributed by atoms with E-state index in [1.165, 1.54) is 29.9 Å². The fraction of sp³-hybridized carbons (Fsp3) is 0.385. The Morgan fingerprint density at radius 3 is 2.67 bits per heavy atom. The van der Waals surface area contributed by atoms with Crippen molar-refractivity contribution in [2.24, 2.45) is 0 Å². The molecule has 1 atom stereocenters. The van der Waals surface area contributed by atoms with Crippen LogP contribution in [0.2, 0.25) is 0 Å². The van der Waals surface area contributed by atoms with Gasteiger partial charge in [0.15, 0.2) is 0 Å². The van der Waals surface area contributed by atoms with Gasteiger partial charge in [-0.3, -0.25) is 14.5 Å². The molecule has 2 aromatic heterocycles. The van der Waals surface area contributed by atoms with Crippen molar-refractivity contribution in [3.8, 4) is 5.75 Å². The third-order valence-corrected chi connectivity index (χ3v) is 6.43. The zero-order valence-electron chi connectivity index (χ0n) is 19.7. The zero-order chi connectivity index (χ0) is 23.5. The number of fused-ring (bicyclic) bond motifs is 1. The lowest BCUT2D eigenvalue weighted by atomic mass is 10.1. The molecule has 7 nitrogen and oxygen atoms in total. The van der Waals surface area contributed by atoms with Crippen LogP contribution in [0.15, 0.2) is 51.9 Å². The topological polar surface area (TPSA) is 76.7 Å². The summed E-state index contributed by atoms with van der Waals surface area (Å²) in [7, 11) is 1.49. The van der Waals surface area contributed by atoms with Crippen LogP contribution in [0.5, 0.6) is 5.75 Å². The average molecular weight is 450 g/mol. The maximum Gasteiger partial charge on any atom is 0.257 e. The zero-order valence-corrected chi connectivity index (χ0v) is 19.7. The number of methoxy groups -OCH3 is 1. The van der Waals surface area contributed by atoms with Crippen LogP contribution < -0.4 is 15.6 Å². The minimum Gasteiger partial charge on any atom is -0.496 e. The van der Waals surface area contributed by atoms with Crippen molar-refractivity contribution >= 4 is 5.91 Å². The summed E-state index contributed by atoms with van der Waals surface area (Å²) in [6.45, 7) is 8.90. The number of amides is 1. The van der Waals surface area contributed by atoms with E-state index in [1.54, 1.807) is 16.9 Å². The Labute approximate surface area is 194 Å². The maximum absolute atomic E-state index is 13.3. The van der Waals surface area contributed by atoms with Crippen LogP contribution >= 0.6 is 0 Å². The molecule has 0 saturated heterocycles. The molecular formula is C26H31N3O4. The first-order valence-corrected chi connectivity index (χ1v) is 11.3. The van der Waals surface area contributed by atoms with E-state index in [0.717, 1.165) is 19.6 Å². The van der Waals surface area contributed by atoms with Crippen molar-refractivity contribution in [1.29, 1.82) is 0 Å². The molecule has 0 saturated carbocycles. The van der Waals surface area contributed by atoms with Crippen molar-refractivity contribution in [1.82, 2.24) is 14.8 Å². The van der Waals surface area contributed by atoms with Crippen LogP contribution in [0.1, 0.15) is 51.5 Å². The SMILES string of the molecule is COc1cc(=O)n2c(c1C(=O)N[C@@H](C)c1ccco1)CCN(Cc1ccc(C)c(C)c1)CC2.